The van der Waals surface area contributed by atoms with Crippen LogP contribution in [0, 0.1) is 6.92 Å². The third-order valence-corrected chi connectivity index (χ3v) is 9.40. The summed E-state index contributed by atoms with van der Waals surface area (Å²) in [5, 5.41) is 8.28. The summed E-state index contributed by atoms with van der Waals surface area (Å²) in [5.74, 6) is -0.169. The highest BCUT2D eigenvalue weighted by atomic mass is 32.2. The summed E-state index contributed by atoms with van der Waals surface area (Å²) in [7, 11) is -2.37. The molecule has 2 aromatic heterocycles. The van der Waals surface area contributed by atoms with Gasteiger partial charge in [0, 0.05) is 24.3 Å². The Hall–Kier alpha value is -4.54. The van der Waals surface area contributed by atoms with Crippen LogP contribution in [0.25, 0.3) is 28.0 Å². The molecule has 3 aromatic carbocycles. The van der Waals surface area contributed by atoms with Crippen molar-refractivity contribution in [3.63, 3.8) is 0 Å². The summed E-state index contributed by atoms with van der Waals surface area (Å²) >= 11 is 0. The number of nitrogens with zero attached hydrogens (tertiary/aromatic N) is 4. The number of hydrogen-bond donors (Lipinski definition) is 1. The van der Waals surface area contributed by atoms with E-state index in [-0.39, 0.29) is 10.6 Å². The van der Waals surface area contributed by atoms with E-state index in [0.717, 1.165) is 30.5 Å². The van der Waals surface area contributed by atoms with Crippen LogP contribution < -0.4 is 10.1 Å². The molecule has 1 amide bonds. The van der Waals surface area contributed by atoms with Crippen molar-refractivity contribution in [3.05, 3.63) is 96.2 Å². The van der Waals surface area contributed by atoms with Crippen LogP contribution in [0.2, 0.25) is 0 Å². The predicted molar refractivity (Wildman–Crippen MR) is 163 cm³/mol. The molecule has 0 aliphatic carbocycles. The summed E-state index contributed by atoms with van der Waals surface area (Å²) in [6.07, 6.45) is 2.64. The van der Waals surface area contributed by atoms with E-state index < -0.39 is 15.9 Å². The Bertz CT molecular complexity index is 1870. The van der Waals surface area contributed by atoms with Gasteiger partial charge in [0.05, 0.1) is 35.1 Å². The standard InChI is InChI=1S/C32H31N5O4S/c1-22-30-26(21-27(23-12-6-3-7-13-23)34-31(30)37(35-22)25-14-8-4-9-15-25)32(38)33-24-16-17-28(41-2)29(20-24)42(39,40)36-18-10-5-11-19-36/h3-4,6-9,12-17,20-21H,5,10-11,18-19H2,1-2H3,(H,33,38). The van der Waals surface area contributed by atoms with Crippen molar-refractivity contribution >= 4 is 32.7 Å². The molecule has 0 unspecified atom stereocenters. The number of amides is 1. The van der Waals surface area contributed by atoms with Gasteiger partial charge < -0.3 is 10.1 Å². The molecule has 1 aliphatic rings. The van der Waals surface area contributed by atoms with Crippen molar-refractivity contribution in [3.8, 4) is 22.7 Å². The lowest BCUT2D eigenvalue weighted by molar-refractivity contribution is 0.102. The van der Waals surface area contributed by atoms with Gasteiger partial charge in [-0.25, -0.2) is 18.1 Å². The van der Waals surface area contributed by atoms with Crippen molar-refractivity contribution in [1.82, 2.24) is 19.1 Å². The van der Waals surface area contributed by atoms with Gasteiger partial charge in [-0.05, 0) is 56.2 Å². The van der Waals surface area contributed by atoms with E-state index in [1.165, 1.54) is 17.5 Å². The van der Waals surface area contributed by atoms with Crippen molar-refractivity contribution in [2.45, 2.75) is 31.1 Å². The molecule has 0 radical (unpaired) electrons. The highest BCUT2D eigenvalue weighted by Crippen LogP contribution is 2.33. The predicted octanol–water partition coefficient (Wildman–Crippen LogP) is 5.83. The number of aromatic nitrogens is 3. The molecule has 1 N–H and O–H groups in total. The summed E-state index contributed by atoms with van der Waals surface area (Å²) in [5.41, 5.74) is 4.22. The number of para-hydroxylation sites is 1. The Morgan fingerprint density at radius 2 is 1.60 bits per heavy atom. The maximum absolute atomic E-state index is 14.0. The third-order valence-electron chi connectivity index (χ3n) is 7.48. The van der Waals surface area contributed by atoms with Crippen LogP contribution in [-0.2, 0) is 10.0 Å². The Morgan fingerprint density at radius 3 is 2.29 bits per heavy atom. The molecule has 6 rings (SSSR count). The Labute approximate surface area is 244 Å². The molecule has 1 saturated heterocycles. The first kappa shape index (κ1) is 27.6. The van der Waals surface area contributed by atoms with Gasteiger partial charge >= 0.3 is 0 Å². The quantitative estimate of drug-likeness (QED) is 0.259. The Balaban J connectivity index is 1.44. The smallest absolute Gasteiger partial charge is 0.256 e. The SMILES string of the molecule is COc1ccc(NC(=O)c2cc(-c3ccccc3)nc3c2c(C)nn3-c2ccccc2)cc1S(=O)(=O)N1CCCCC1. The van der Waals surface area contributed by atoms with Crippen molar-refractivity contribution < 1.29 is 17.9 Å². The molecule has 214 valence electrons. The number of anilines is 1. The van der Waals surface area contributed by atoms with Gasteiger partial charge in [0.2, 0.25) is 10.0 Å². The number of sulfonamides is 1. The molecule has 1 fully saturated rings. The van der Waals surface area contributed by atoms with Gasteiger partial charge in [-0.3, -0.25) is 4.79 Å². The summed E-state index contributed by atoms with van der Waals surface area (Å²) in [6, 6.07) is 25.7. The molecule has 0 atom stereocenters. The molecule has 0 bridgehead atoms. The minimum Gasteiger partial charge on any atom is -0.495 e. The summed E-state index contributed by atoms with van der Waals surface area (Å²) in [4.78, 5) is 18.9. The fourth-order valence-electron chi connectivity index (χ4n) is 5.37. The summed E-state index contributed by atoms with van der Waals surface area (Å²) in [6.45, 7) is 2.77. The normalized spacial score (nSPS) is 14.1. The van der Waals surface area contributed by atoms with E-state index in [1.807, 2.05) is 67.6 Å². The molecule has 3 heterocycles. The Kier molecular flexibility index (Phi) is 7.49. The lowest BCUT2D eigenvalue weighted by Crippen LogP contribution is -2.35. The molecule has 10 heteroatoms. The number of methoxy groups -OCH3 is 1. The fraction of sp³-hybridized carbons (Fsp3) is 0.219. The molecule has 0 saturated carbocycles. The maximum Gasteiger partial charge on any atom is 0.256 e. The zero-order valence-corrected chi connectivity index (χ0v) is 24.3. The van der Waals surface area contributed by atoms with Gasteiger partial charge in [-0.2, -0.15) is 9.40 Å². The molecule has 42 heavy (non-hydrogen) atoms. The van der Waals surface area contributed by atoms with E-state index in [2.05, 4.69) is 5.32 Å². The van der Waals surface area contributed by atoms with Crippen LogP contribution in [0.5, 0.6) is 5.75 Å². The zero-order chi connectivity index (χ0) is 29.3. The van der Waals surface area contributed by atoms with E-state index in [1.54, 1.807) is 22.9 Å². The second kappa shape index (κ2) is 11.4. The number of fused-ring (bicyclic) bond motifs is 1. The average Bonchev–Trinajstić information content (AvgIpc) is 3.38. The number of hydrogen-bond acceptors (Lipinski definition) is 6. The number of piperidine rings is 1. The number of rotatable bonds is 7. The number of carbonyl (C=O) groups is 1. The van der Waals surface area contributed by atoms with Gasteiger partial charge in [0.25, 0.3) is 5.91 Å². The number of carbonyl (C=O) groups excluding carboxylic acids is 1. The second-order valence-corrected chi connectivity index (χ2v) is 12.1. The van der Waals surface area contributed by atoms with Crippen LogP contribution in [0.3, 0.4) is 0 Å². The number of nitrogens with one attached hydrogen (secondary N) is 1. The lowest BCUT2D eigenvalue weighted by atomic mass is 10.0. The van der Waals surface area contributed by atoms with Gasteiger partial charge in [0.15, 0.2) is 5.65 Å². The topological polar surface area (TPSA) is 106 Å². The average molecular weight is 582 g/mol. The second-order valence-electron chi connectivity index (χ2n) is 10.2. The van der Waals surface area contributed by atoms with Crippen LogP contribution in [-0.4, -0.2) is 53.6 Å². The van der Waals surface area contributed by atoms with E-state index in [0.29, 0.717) is 46.8 Å². The fourth-order valence-corrected chi connectivity index (χ4v) is 7.07. The number of ether oxygens (including phenoxy) is 1. The monoisotopic (exact) mass is 581 g/mol. The number of pyridine rings is 1. The largest absolute Gasteiger partial charge is 0.495 e. The van der Waals surface area contributed by atoms with Crippen molar-refractivity contribution in [2.24, 2.45) is 0 Å². The van der Waals surface area contributed by atoms with Crippen molar-refractivity contribution in [2.75, 3.05) is 25.5 Å². The molecule has 1 aliphatic heterocycles. The van der Waals surface area contributed by atoms with Gasteiger partial charge in [-0.1, -0.05) is 55.0 Å². The Morgan fingerprint density at radius 1 is 0.905 bits per heavy atom. The molecule has 0 spiro atoms. The highest BCUT2D eigenvalue weighted by Gasteiger charge is 2.30. The lowest BCUT2D eigenvalue weighted by Gasteiger charge is -2.26. The first-order valence-electron chi connectivity index (χ1n) is 13.9. The van der Waals surface area contributed by atoms with E-state index >= 15 is 0 Å². The minimum atomic E-state index is -3.81. The molecule has 9 nitrogen and oxygen atoms in total. The third kappa shape index (κ3) is 5.15. The van der Waals surface area contributed by atoms with Gasteiger partial charge in [-0.15, -0.1) is 0 Å². The summed E-state index contributed by atoms with van der Waals surface area (Å²) < 4.78 is 35.7. The molecule has 5 aromatic rings. The molecular formula is C32H31N5O4S. The van der Waals surface area contributed by atoms with Crippen molar-refractivity contribution in [1.29, 1.82) is 0 Å². The first-order chi connectivity index (χ1) is 20.4. The van der Waals surface area contributed by atoms with Crippen LogP contribution in [0.1, 0.15) is 35.3 Å². The zero-order valence-electron chi connectivity index (χ0n) is 23.4. The minimum absolute atomic E-state index is 0.0302. The van der Waals surface area contributed by atoms with Crippen LogP contribution in [0.15, 0.2) is 89.8 Å². The van der Waals surface area contributed by atoms with Crippen LogP contribution in [0.4, 0.5) is 5.69 Å². The van der Waals surface area contributed by atoms with Crippen LogP contribution >= 0.6 is 0 Å². The maximum atomic E-state index is 14.0. The molecular weight excluding hydrogens is 550 g/mol. The van der Waals surface area contributed by atoms with E-state index in [9.17, 15) is 13.2 Å². The highest BCUT2D eigenvalue weighted by molar-refractivity contribution is 7.89. The number of aryl methyl sites for hydroxylation is 1. The number of benzene rings is 3. The first-order valence-corrected chi connectivity index (χ1v) is 15.3. The van der Waals surface area contributed by atoms with Gasteiger partial charge in [0.1, 0.15) is 10.6 Å². The van der Waals surface area contributed by atoms with E-state index in [4.69, 9.17) is 14.8 Å².